The van der Waals surface area contributed by atoms with Gasteiger partial charge in [-0.2, -0.15) is 5.26 Å². The van der Waals surface area contributed by atoms with Gasteiger partial charge in [0.25, 0.3) is 0 Å². The van der Waals surface area contributed by atoms with Crippen LogP contribution in [0.25, 0.3) is 0 Å². The minimum atomic E-state index is -0.440. The second-order valence-electron chi connectivity index (χ2n) is 3.60. The molecule has 0 unspecified atom stereocenters. The molecule has 4 heteroatoms. The monoisotopic (exact) mass is 211 g/mol. The number of carbonyl (C=O) groups is 1. The van der Waals surface area contributed by atoms with Gasteiger partial charge >= 0.3 is 5.97 Å². The highest BCUT2D eigenvalue weighted by atomic mass is 16.5. The summed E-state index contributed by atoms with van der Waals surface area (Å²) in [5.74, 6) is 0.137. The third kappa shape index (κ3) is 8.98. The third-order valence-corrected chi connectivity index (χ3v) is 1.61. The van der Waals surface area contributed by atoms with Gasteiger partial charge in [0.1, 0.15) is 12.3 Å². The van der Waals surface area contributed by atoms with E-state index in [0.717, 1.165) is 12.7 Å². The summed E-state index contributed by atoms with van der Waals surface area (Å²) in [5.41, 5.74) is 0.314. The van der Waals surface area contributed by atoms with E-state index in [1.54, 1.807) is 0 Å². The van der Waals surface area contributed by atoms with Crippen LogP contribution >= 0.6 is 0 Å². The van der Waals surface area contributed by atoms with Crippen molar-refractivity contribution in [2.45, 2.75) is 27.2 Å². The SMILES string of the molecule is CC(=O)O/C=C(\C#N)COCCC(C)C. The molecule has 0 aromatic rings. The Morgan fingerprint density at radius 3 is 2.67 bits per heavy atom. The van der Waals surface area contributed by atoms with Gasteiger partial charge in [0.15, 0.2) is 0 Å². The Labute approximate surface area is 90.5 Å². The molecule has 0 aliphatic heterocycles. The number of hydrogen-bond donors (Lipinski definition) is 0. The zero-order valence-corrected chi connectivity index (χ0v) is 9.45. The van der Waals surface area contributed by atoms with Crippen LogP contribution in [0.2, 0.25) is 0 Å². The predicted molar refractivity (Wildman–Crippen MR) is 55.7 cm³/mol. The Kier molecular flexibility index (Phi) is 7.29. The molecule has 15 heavy (non-hydrogen) atoms. The molecule has 0 spiro atoms. The van der Waals surface area contributed by atoms with E-state index in [4.69, 9.17) is 10.00 Å². The lowest BCUT2D eigenvalue weighted by Gasteiger charge is -2.05. The van der Waals surface area contributed by atoms with Crippen LogP contribution in [0.5, 0.6) is 0 Å². The average Bonchev–Trinajstić information content (AvgIpc) is 2.16. The van der Waals surface area contributed by atoms with Crippen LogP contribution in [0, 0.1) is 17.2 Å². The second-order valence-corrected chi connectivity index (χ2v) is 3.60. The van der Waals surface area contributed by atoms with Crippen molar-refractivity contribution in [2.24, 2.45) is 5.92 Å². The van der Waals surface area contributed by atoms with E-state index < -0.39 is 5.97 Å². The molecule has 4 nitrogen and oxygen atoms in total. The normalized spacial score (nSPS) is 11.3. The number of hydrogen-bond acceptors (Lipinski definition) is 4. The average molecular weight is 211 g/mol. The molecule has 0 saturated carbocycles. The minimum Gasteiger partial charge on any atom is -0.434 e. The lowest BCUT2D eigenvalue weighted by Crippen LogP contribution is -2.03. The molecule has 0 aliphatic rings. The van der Waals surface area contributed by atoms with Crippen molar-refractivity contribution in [3.63, 3.8) is 0 Å². The second kappa shape index (κ2) is 8.01. The van der Waals surface area contributed by atoms with Crippen molar-refractivity contribution in [2.75, 3.05) is 13.2 Å². The highest BCUT2D eigenvalue weighted by molar-refractivity contribution is 5.66. The summed E-state index contributed by atoms with van der Waals surface area (Å²) in [6, 6.07) is 1.90. The van der Waals surface area contributed by atoms with Crippen LogP contribution in [0.1, 0.15) is 27.2 Å². The van der Waals surface area contributed by atoms with Crippen LogP contribution in [0.4, 0.5) is 0 Å². The summed E-state index contributed by atoms with van der Waals surface area (Å²) in [5, 5.41) is 8.66. The number of esters is 1. The lowest BCUT2D eigenvalue weighted by molar-refractivity contribution is -0.135. The molecule has 0 amide bonds. The summed E-state index contributed by atoms with van der Waals surface area (Å²) in [6.45, 7) is 6.28. The maximum absolute atomic E-state index is 10.5. The van der Waals surface area contributed by atoms with Crippen molar-refractivity contribution < 1.29 is 14.3 Å². The molecule has 0 aromatic heterocycles. The summed E-state index contributed by atoms with van der Waals surface area (Å²) in [7, 11) is 0. The number of ether oxygens (including phenoxy) is 2. The summed E-state index contributed by atoms with van der Waals surface area (Å²) in [4.78, 5) is 10.5. The fourth-order valence-electron chi connectivity index (χ4n) is 0.748. The fraction of sp³-hybridized carbons (Fsp3) is 0.636. The van der Waals surface area contributed by atoms with E-state index in [2.05, 4.69) is 18.6 Å². The number of nitriles is 1. The zero-order valence-electron chi connectivity index (χ0n) is 9.45. The van der Waals surface area contributed by atoms with Crippen LogP contribution in [-0.2, 0) is 14.3 Å². The first-order valence-corrected chi connectivity index (χ1v) is 4.90. The topological polar surface area (TPSA) is 59.3 Å². The van der Waals surface area contributed by atoms with Crippen molar-refractivity contribution in [3.05, 3.63) is 11.8 Å². The molecule has 0 atom stereocenters. The van der Waals surface area contributed by atoms with Gasteiger partial charge in [-0.05, 0) is 12.3 Å². The van der Waals surface area contributed by atoms with E-state index in [1.807, 2.05) is 6.07 Å². The van der Waals surface area contributed by atoms with Crippen LogP contribution in [0.15, 0.2) is 11.8 Å². The van der Waals surface area contributed by atoms with Gasteiger partial charge in [-0.15, -0.1) is 0 Å². The Balaban J connectivity index is 3.77. The van der Waals surface area contributed by atoms with E-state index in [9.17, 15) is 4.79 Å². The van der Waals surface area contributed by atoms with Crippen molar-refractivity contribution in [1.82, 2.24) is 0 Å². The quantitative estimate of drug-likeness (QED) is 0.292. The molecule has 0 heterocycles. The van der Waals surface area contributed by atoms with Crippen molar-refractivity contribution in [3.8, 4) is 6.07 Å². The maximum Gasteiger partial charge on any atom is 0.307 e. The van der Waals surface area contributed by atoms with Crippen molar-refractivity contribution >= 4 is 5.97 Å². The van der Waals surface area contributed by atoms with E-state index in [0.29, 0.717) is 18.1 Å². The Bertz CT molecular complexity index is 263. The molecule has 0 saturated heterocycles. The van der Waals surface area contributed by atoms with Crippen LogP contribution in [0.3, 0.4) is 0 Å². The highest BCUT2D eigenvalue weighted by Gasteiger charge is 1.99. The van der Waals surface area contributed by atoms with Gasteiger partial charge in [0.2, 0.25) is 0 Å². The van der Waals surface area contributed by atoms with Crippen LogP contribution < -0.4 is 0 Å². The largest absolute Gasteiger partial charge is 0.434 e. The Morgan fingerprint density at radius 2 is 2.20 bits per heavy atom. The molecule has 0 bridgehead atoms. The molecule has 0 aliphatic carbocycles. The standard InChI is InChI=1S/C11H17NO3/c1-9(2)4-5-14-7-11(6-12)8-15-10(3)13/h8-9H,4-5,7H2,1-3H3/b11-8+. The van der Waals surface area contributed by atoms with E-state index in [1.165, 1.54) is 6.92 Å². The summed E-state index contributed by atoms with van der Waals surface area (Å²) < 4.78 is 9.82. The Morgan fingerprint density at radius 1 is 1.53 bits per heavy atom. The third-order valence-electron chi connectivity index (χ3n) is 1.61. The number of carbonyl (C=O) groups excluding carboxylic acids is 1. The maximum atomic E-state index is 10.5. The molecule has 0 N–H and O–H groups in total. The molecule has 84 valence electrons. The fourth-order valence-corrected chi connectivity index (χ4v) is 0.748. The molecule has 0 fully saturated rings. The minimum absolute atomic E-state index is 0.191. The van der Waals surface area contributed by atoms with Gasteiger partial charge in [-0.25, -0.2) is 0 Å². The Hall–Kier alpha value is -1.34. The molecular formula is C11H17NO3. The molecule has 0 aromatic carbocycles. The first-order chi connectivity index (χ1) is 7.06. The smallest absolute Gasteiger partial charge is 0.307 e. The van der Waals surface area contributed by atoms with Gasteiger partial charge in [0.05, 0.1) is 12.2 Å². The molecule has 0 rings (SSSR count). The predicted octanol–water partition coefficient (Wildman–Crippen LogP) is 2.02. The van der Waals surface area contributed by atoms with E-state index in [-0.39, 0.29) is 6.61 Å². The number of rotatable bonds is 6. The van der Waals surface area contributed by atoms with Crippen LogP contribution in [-0.4, -0.2) is 19.2 Å². The highest BCUT2D eigenvalue weighted by Crippen LogP contribution is 2.01. The summed E-state index contributed by atoms with van der Waals surface area (Å²) >= 11 is 0. The molecule has 0 radical (unpaired) electrons. The lowest BCUT2D eigenvalue weighted by atomic mass is 10.1. The van der Waals surface area contributed by atoms with Gasteiger partial charge in [-0.3, -0.25) is 4.79 Å². The van der Waals surface area contributed by atoms with Gasteiger partial charge < -0.3 is 9.47 Å². The van der Waals surface area contributed by atoms with Gasteiger partial charge in [-0.1, -0.05) is 13.8 Å². The number of nitrogens with zero attached hydrogens (tertiary/aromatic N) is 1. The zero-order chi connectivity index (χ0) is 11.7. The first-order valence-electron chi connectivity index (χ1n) is 4.90. The summed E-state index contributed by atoms with van der Waals surface area (Å²) in [6.07, 6.45) is 2.09. The first kappa shape index (κ1) is 13.7. The van der Waals surface area contributed by atoms with E-state index >= 15 is 0 Å². The van der Waals surface area contributed by atoms with Crippen molar-refractivity contribution in [1.29, 1.82) is 5.26 Å². The molecular weight excluding hydrogens is 194 g/mol. The van der Waals surface area contributed by atoms with Gasteiger partial charge in [0, 0.05) is 13.5 Å².